The molecule has 2 nitrogen and oxygen atoms in total. The maximum Gasteiger partial charge on any atom is 0.338 e. The van der Waals surface area contributed by atoms with Crippen molar-refractivity contribution in [2.45, 2.75) is 0 Å². The predicted molar refractivity (Wildman–Crippen MR) is 66.7 cm³/mol. The lowest BCUT2D eigenvalue weighted by molar-refractivity contribution is 0.0698. The maximum atomic E-state index is 11.0. The van der Waals surface area contributed by atoms with E-state index in [1.165, 1.54) is 11.3 Å². The van der Waals surface area contributed by atoms with Gasteiger partial charge >= 0.3 is 5.97 Å². The smallest absolute Gasteiger partial charge is 0.338 e. The van der Waals surface area contributed by atoms with Gasteiger partial charge in [0, 0.05) is 10.4 Å². The van der Waals surface area contributed by atoms with Crippen molar-refractivity contribution >= 4 is 40.5 Å². The summed E-state index contributed by atoms with van der Waals surface area (Å²) in [6, 6.07) is 6.99. The first-order chi connectivity index (χ1) is 7.59. The number of benzene rings is 1. The molecular weight excluding hydrogens is 267 g/mol. The molecule has 0 saturated heterocycles. The van der Waals surface area contributed by atoms with E-state index in [1.54, 1.807) is 29.6 Å². The Morgan fingerprint density at radius 1 is 1.19 bits per heavy atom. The highest BCUT2D eigenvalue weighted by atomic mass is 35.5. The Labute approximate surface area is 106 Å². The molecule has 2 rings (SSSR count). The summed E-state index contributed by atoms with van der Waals surface area (Å²) < 4.78 is 0. The quantitative estimate of drug-likeness (QED) is 0.879. The van der Waals surface area contributed by atoms with Crippen molar-refractivity contribution in [3.05, 3.63) is 45.3 Å². The average Bonchev–Trinajstić information content (AvgIpc) is 2.61. The van der Waals surface area contributed by atoms with Crippen molar-refractivity contribution < 1.29 is 9.90 Å². The van der Waals surface area contributed by atoms with Gasteiger partial charge in [0.1, 0.15) is 0 Å². The number of thiophene rings is 1. The van der Waals surface area contributed by atoms with E-state index in [0.29, 0.717) is 9.90 Å². The van der Waals surface area contributed by atoms with Gasteiger partial charge in [-0.15, -0.1) is 11.3 Å². The Bertz CT molecular complexity index is 531. The van der Waals surface area contributed by atoms with Gasteiger partial charge in [-0.3, -0.25) is 0 Å². The summed E-state index contributed by atoms with van der Waals surface area (Å²) in [5.74, 6) is -1.02. The van der Waals surface area contributed by atoms with Crippen LogP contribution in [0.2, 0.25) is 10.0 Å². The standard InChI is InChI=1S/C11H6Cl2O2S/c12-7-3-1-6(2-4-7)10-9(11(14)15)8(13)5-16-10/h1-5H,(H,14,15). The molecular formula is C11H6Cl2O2S. The van der Waals surface area contributed by atoms with Crippen molar-refractivity contribution in [2.24, 2.45) is 0 Å². The minimum absolute atomic E-state index is 0.147. The third kappa shape index (κ3) is 2.07. The molecule has 0 spiro atoms. The van der Waals surface area contributed by atoms with E-state index < -0.39 is 5.97 Å². The molecule has 0 bridgehead atoms. The average molecular weight is 273 g/mol. The lowest BCUT2D eigenvalue weighted by atomic mass is 10.1. The van der Waals surface area contributed by atoms with E-state index in [2.05, 4.69) is 0 Å². The third-order valence-corrected chi connectivity index (χ3v) is 3.77. The van der Waals surface area contributed by atoms with Gasteiger partial charge in [-0.1, -0.05) is 35.3 Å². The molecule has 2 aromatic rings. The van der Waals surface area contributed by atoms with Gasteiger partial charge in [0.15, 0.2) is 0 Å². The van der Waals surface area contributed by atoms with E-state index >= 15 is 0 Å². The molecule has 1 N–H and O–H groups in total. The first-order valence-corrected chi connectivity index (χ1v) is 5.99. The van der Waals surface area contributed by atoms with Crippen LogP contribution in [-0.4, -0.2) is 11.1 Å². The predicted octanol–water partition coefficient (Wildman–Crippen LogP) is 4.42. The van der Waals surface area contributed by atoms with Crippen LogP contribution < -0.4 is 0 Å². The highest BCUT2D eigenvalue weighted by Crippen LogP contribution is 2.35. The fraction of sp³-hybridized carbons (Fsp3) is 0. The summed E-state index contributed by atoms with van der Waals surface area (Å²) in [4.78, 5) is 11.7. The summed E-state index contributed by atoms with van der Waals surface area (Å²) in [5, 5.41) is 11.5. The SMILES string of the molecule is O=C(O)c1c(Cl)csc1-c1ccc(Cl)cc1. The van der Waals surface area contributed by atoms with Gasteiger partial charge in [-0.05, 0) is 17.7 Å². The number of hydrogen-bond acceptors (Lipinski definition) is 2. The van der Waals surface area contributed by atoms with Crippen molar-refractivity contribution in [1.29, 1.82) is 0 Å². The Balaban J connectivity index is 2.56. The number of carbonyl (C=O) groups is 1. The highest BCUT2D eigenvalue weighted by molar-refractivity contribution is 7.14. The Kier molecular flexibility index (Phi) is 3.19. The van der Waals surface area contributed by atoms with Crippen LogP contribution >= 0.6 is 34.5 Å². The monoisotopic (exact) mass is 272 g/mol. The summed E-state index contributed by atoms with van der Waals surface area (Å²) in [5.41, 5.74) is 0.952. The van der Waals surface area contributed by atoms with Crippen molar-refractivity contribution in [3.8, 4) is 10.4 Å². The fourth-order valence-electron chi connectivity index (χ4n) is 1.35. The molecule has 0 saturated carbocycles. The summed E-state index contributed by atoms with van der Waals surface area (Å²) in [6.07, 6.45) is 0. The molecule has 0 aliphatic rings. The Morgan fingerprint density at radius 2 is 1.81 bits per heavy atom. The molecule has 0 radical (unpaired) electrons. The molecule has 1 heterocycles. The van der Waals surface area contributed by atoms with Crippen LogP contribution in [0.25, 0.3) is 10.4 Å². The van der Waals surface area contributed by atoms with Crippen LogP contribution in [0.15, 0.2) is 29.6 Å². The van der Waals surface area contributed by atoms with Gasteiger partial charge in [0.25, 0.3) is 0 Å². The van der Waals surface area contributed by atoms with Crippen LogP contribution in [-0.2, 0) is 0 Å². The second kappa shape index (κ2) is 4.45. The van der Waals surface area contributed by atoms with E-state index in [-0.39, 0.29) is 10.6 Å². The molecule has 82 valence electrons. The molecule has 0 amide bonds. The molecule has 5 heteroatoms. The lowest BCUT2D eigenvalue weighted by Gasteiger charge is -2.00. The summed E-state index contributed by atoms with van der Waals surface area (Å²) >= 11 is 12.9. The zero-order chi connectivity index (χ0) is 11.7. The van der Waals surface area contributed by atoms with Gasteiger partial charge in [-0.25, -0.2) is 4.79 Å². The third-order valence-electron chi connectivity index (χ3n) is 2.07. The van der Waals surface area contributed by atoms with E-state index in [1.807, 2.05) is 0 Å². The van der Waals surface area contributed by atoms with Crippen LogP contribution in [0.4, 0.5) is 0 Å². The van der Waals surface area contributed by atoms with E-state index in [0.717, 1.165) is 5.56 Å². The number of carboxylic acid groups (broad SMARTS) is 1. The van der Waals surface area contributed by atoms with E-state index in [4.69, 9.17) is 28.3 Å². The first kappa shape index (κ1) is 11.5. The first-order valence-electron chi connectivity index (χ1n) is 4.36. The summed E-state index contributed by atoms with van der Waals surface area (Å²) in [6.45, 7) is 0. The normalized spacial score (nSPS) is 10.4. The second-order valence-corrected chi connectivity index (χ2v) is 4.82. The molecule has 0 fully saturated rings. The molecule has 1 aromatic heterocycles. The molecule has 1 aromatic carbocycles. The number of carboxylic acids is 1. The minimum atomic E-state index is -1.02. The lowest BCUT2D eigenvalue weighted by Crippen LogP contribution is -1.96. The number of halogens is 2. The Morgan fingerprint density at radius 3 is 2.38 bits per heavy atom. The molecule has 16 heavy (non-hydrogen) atoms. The van der Waals surface area contributed by atoms with Crippen LogP contribution in [0.3, 0.4) is 0 Å². The van der Waals surface area contributed by atoms with Gasteiger partial charge in [0.05, 0.1) is 15.5 Å². The molecule has 0 aliphatic carbocycles. The maximum absolute atomic E-state index is 11.0. The molecule has 0 aliphatic heterocycles. The topological polar surface area (TPSA) is 37.3 Å². The van der Waals surface area contributed by atoms with Gasteiger partial charge in [0.2, 0.25) is 0 Å². The van der Waals surface area contributed by atoms with Crippen molar-refractivity contribution in [2.75, 3.05) is 0 Å². The van der Waals surface area contributed by atoms with Crippen molar-refractivity contribution in [1.82, 2.24) is 0 Å². The number of aromatic carboxylic acids is 1. The van der Waals surface area contributed by atoms with E-state index in [9.17, 15) is 4.79 Å². The van der Waals surface area contributed by atoms with Gasteiger partial charge < -0.3 is 5.11 Å². The van der Waals surface area contributed by atoms with Crippen molar-refractivity contribution in [3.63, 3.8) is 0 Å². The minimum Gasteiger partial charge on any atom is -0.478 e. The number of rotatable bonds is 2. The largest absolute Gasteiger partial charge is 0.478 e. The van der Waals surface area contributed by atoms with Crippen LogP contribution in [0.1, 0.15) is 10.4 Å². The number of hydrogen-bond donors (Lipinski definition) is 1. The van der Waals surface area contributed by atoms with Crippen LogP contribution in [0.5, 0.6) is 0 Å². The second-order valence-electron chi connectivity index (χ2n) is 3.10. The zero-order valence-corrected chi connectivity index (χ0v) is 10.2. The summed E-state index contributed by atoms with van der Waals surface area (Å²) in [7, 11) is 0. The Hall–Kier alpha value is -1.03. The zero-order valence-electron chi connectivity index (χ0n) is 7.91. The van der Waals surface area contributed by atoms with Gasteiger partial charge in [-0.2, -0.15) is 0 Å². The highest BCUT2D eigenvalue weighted by Gasteiger charge is 2.18. The fourth-order valence-corrected chi connectivity index (χ4v) is 2.77. The van der Waals surface area contributed by atoms with Crippen LogP contribution in [0, 0.1) is 0 Å². The molecule has 0 atom stereocenters. The molecule has 0 unspecified atom stereocenters.